The zero-order valence-electron chi connectivity index (χ0n) is 17.1. The van der Waals surface area contributed by atoms with Crippen molar-refractivity contribution in [2.45, 2.75) is 23.1 Å². The molecule has 0 bridgehead atoms. The lowest BCUT2D eigenvalue weighted by Gasteiger charge is -2.15. The third-order valence-corrected chi connectivity index (χ3v) is 7.47. The second-order valence-electron chi connectivity index (χ2n) is 7.56. The van der Waals surface area contributed by atoms with E-state index in [-0.39, 0.29) is 24.2 Å². The largest absolute Gasteiger partial charge is 0.467 e. The molecule has 32 heavy (non-hydrogen) atoms. The maximum atomic E-state index is 12.8. The normalized spacial score (nSPS) is 16.1. The summed E-state index contributed by atoms with van der Waals surface area (Å²) in [5.74, 6) is 0.971. The van der Waals surface area contributed by atoms with E-state index in [9.17, 15) is 9.59 Å². The molecule has 1 fully saturated rings. The molecule has 2 amide bonds. The number of pyridine rings is 1. The van der Waals surface area contributed by atoms with Gasteiger partial charge in [0, 0.05) is 36.8 Å². The number of amides is 2. The topological polar surface area (TPSA) is 88.3 Å². The molecule has 0 saturated carbocycles. The molecule has 0 spiro atoms. The number of benzene rings is 1. The van der Waals surface area contributed by atoms with Gasteiger partial charge in [-0.2, -0.15) is 0 Å². The van der Waals surface area contributed by atoms with E-state index in [0.717, 1.165) is 25.9 Å². The second kappa shape index (κ2) is 9.13. The third kappa shape index (κ3) is 4.68. The molecule has 1 atom stereocenters. The quantitative estimate of drug-likeness (QED) is 0.403. The van der Waals surface area contributed by atoms with E-state index < -0.39 is 0 Å². The Morgan fingerprint density at radius 3 is 3.03 bits per heavy atom. The number of rotatable bonds is 7. The van der Waals surface area contributed by atoms with Crippen LogP contribution in [-0.4, -0.2) is 33.2 Å². The number of aromatic nitrogens is 2. The van der Waals surface area contributed by atoms with Crippen LogP contribution in [0, 0.1) is 5.92 Å². The van der Waals surface area contributed by atoms with Crippen LogP contribution < -0.4 is 5.32 Å². The van der Waals surface area contributed by atoms with Crippen molar-refractivity contribution in [1.82, 2.24) is 14.9 Å². The summed E-state index contributed by atoms with van der Waals surface area (Å²) in [6.45, 7) is 0.783. The smallest absolute Gasteiger partial charge is 0.229 e. The molecule has 1 aliphatic rings. The number of fused-ring (bicyclic) bond motifs is 1. The van der Waals surface area contributed by atoms with Gasteiger partial charge in [0.25, 0.3) is 0 Å². The zero-order valence-corrected chi connectivity index (χ0v) is 18.7. The minimum atomic E-state index is -0.375. The van der Waals surface area contributed by atoms with Crippen molar-refractivity contribution in [2.75, 3.05) is 11.9 Å². The van der Waals surface area contributed by atoms with E-state index in [2.05, 4.69) is 15.3 Å². The number of furan rings is 1. The Hall–Kier alpha value is -3.17. The van der Waals surface area contributed by atoms with E-state index in [1.807, 2.05) is 42.6 Å². The second-order valence-corrected chi connectivity index (χ2v) is 9.81. The number of thioether (sulfide) groups is 1. The Morgan fingerprint density at radius 1 is 1.28 bits per heavy atom. The number of nitrogens with one attached hydrogen (secondary N) is 1. The van der Waals surface area contributed by atoms with E-state index in [4.69, 9.17) is 4.42 Å². The number of likely N-dealkylation sites (tertiary alicyclic amines) is 1. The summed E-state index contributed by atoms with van der Waals surface area (Å²) in [7, 11) is 0. The minimum absolute atomic E-state index is 0.0326. The maximum Gasteiger partial charge on any atom is 0.229 e. The van der Waals surface area contributed by atoms with Gasteiger partial charge in [0.05, 0.1) is 28.9 Å². The van der Waals surface area contributed by atoms with Crippen molar-refractivity contribution >= 4 is 50.8 Å². The fourth-order valence-electron chi connectivity index (χ4n) is 3.61. The van der Waals surface area contributed by atoms with Gasteiger partial charge in [-0.25, -0.2) is 4.98 Å². The first-order valence-electron chi connectivity index (χ1n) is 10.2. The van der Waals surface area contributed by atoms with Crippen LogP contribution in [0.3, 0.4) is 0 Å². The van der Waals surface area contributed by atoms with Crippen LogP contribution in [0.25, 0.3) is 10.2 Å². The van der Waals surface area contributed by atoms with Crippen LogP contribution in [0.2, 0.25) is 0 Å². The number of carbonyl (C=O) groups excluding carboxylic acids is 2. The van der Waals surface area contributed by atoms with Crippen molar-refractivity contribution in [3.63, 3.8) is 0 Å². The molecule has 5 rings (SSSR count). The molecule has 1 aliphatic heterocycles. The Kier molecular flexibility index (Phi) is 5.91. The number of nitrogens with zero attached hydrogens (tertiary/aromatic N) is 3. The molecule has 162 valence electrons. The number of anilines is 1. The van der Waals surface area contributed by atoms with Crippen molar-refractivity contribution in [2.24, 2.45) is 5.92 Å². The van der Waals surface area contributed by atoms with Gasteiger partial charge in [0.2, 0.25) is 11.8 Å². The van der Waals surface area contributed by atoms with Crippen LogP contribution >= 0.6 is 23.1 Å². The first-order valence-corrected chi connectivity index (χ1v) is 12.0. The molecule has 1 aromatic carbocycles. The fourth-order valence-corrected chi connectivity index (χ4v) is 5.65. The van der Waals surface area contributed by atoms with Gasteiger partial charge in [0.15, 0.2) is 4.34 Å². The van der Waals surface area contributed by atoms with Gasteiger partial charge in [0.1, 0.15) is 5.76 Å². The van der Waals surface area contributed by atoms with Gasteiger partial charge in [-0.3, -0.25) is 14.6 Å². The van der Waals surface area contributed by atoms with Crippen molar-refractivity contribution in [3.05, 3.63) is 72.4 Å². The molecule has 9 heteroatoms. The molecule has 0 aliphatic carbocycles. The van der Waals surface area contributed by atoms with E-state index >= 15 is 0 Å². The average molecular weight is 465 g/mol. The highest BCUT2D eigenvalue weighted by Crippen LogP contribution is 2.33. The Bertz CT molecular complexity index is 1240. The summed E-state index contributed by atoms with van der Waals surface area (Å²) < 4.78 is 7.30. The van der Waals surface area contributed by atoms with Crippen LogP contribution in [0.5, 0.6) is 0 Å². The lowest BCUT2D eigenvalue weighted by atomic mass is 10.1. The molecule has 4 aromatic rings. The molecule has 3 aromatic heterocycles. The SMILES string of the molecule is O=C(Nc1ccc2nc(SCc3cccnc3)sc2c1)C1CC(=O)N(Cc2ccco2)C1. The van der Waals surface area contributed by atoms with Crippen LogP contribution in [0.4, 0.5) is 5.69 Å². The summed E-state index contributed by atoms with van der Waals surface area (Å²) in [4.78, 5) is 35.6. The molecular formula is C23H20N4O3S2. The van der Waals surface area contributed by atoms with Gasteiger partial charge < -0.3 is 14.6 Å². The molecule has 1 N–H and O–H groups in total. The third-order valence-electron chi connectivity index (χ3n) is 5.23. The molecule has 4 heterocycles. The number of thiazole rings is 1. The highest BCUT2D eigenvalue weighted by atomic mass is 32.2. The van der Waals surface area contributed by atoms with E-state index in [1.165, 1.54) is 0 Å². The molecule has 1 unspecified atom stereocenters. The summed E-state index contributed by atoms with van der Waals surface area (Å²) >= 11 is 3.27. The highest BCUT2D eigenvalue weighted by molar-refractivity contribution is 8.00. The Labute approximate surface area is 192 Å². The molecule has 0 radical (unpaired) electrons. The Morgan fingerprint density at radius 2 is 2.22 bits per heavy atom. The van der Waals surface area contributed by atoms with Gasteiger partial charge >= 0.3 is 0 Å². The predicted molar refractivity (Wildman–Crippen MR) is 124 cm³/mol. The number of carbonyl (C=O) groups is 2. The van der Waals surface area contributed by atoms with Crippen molar-refractivity contribution in [1.29, 1.82) is 0 Å². The van der Waals surface area contributed by atoms with E-state index in [0.29, 0.717) is 24.5 Å². The fraction of sp³-hybridized carbons (Fsp3) is 0.217. The summed E-state index contributed by atoms with van der Waals surface area (Å²) in [6.07, 6.45) is 5.42. The lowest BCUT2D eigenvalue weighted by molar-refractivity contribution is -0.128. The highest BCUT2D eigenvalue weighted by Gasteiger charge is 2.34. The van der Waals surface area contributed by atoms with Gasteiger partial charge in [-0.1, -0.05) is 17.8 Å². The van der Waals surface area contributed by atoms with Crippen LogP contribution in [0.1, 0.15) is 17.7 Å². The van der Waals surface area contributed by atoms with Crippen molar-refractivity contribution in [3.8, 4) is 0 Å². The predicted octanol–water partition coefficient (Wildman–Crippen LogP) is 4.56. The first kappa shape index (κ1) is 20.7. The van der Waals surface area contributed by atoms with Gasteiger partial charge in [-0.05, 0) is 42.0 Å². The number of hydrogen-bond acceptors (Lipinski definition) is 7. The summed E-state index contributed by atoms with van der Waals surface area (Å²) in [6, 6.07) is 13.3. The van der Waals surface area contributed by atoms with Crippen molar-refractivity contribution < 1.29 is 14.0 Å². The lowest BCUT2D eigenvalue weighted by Crippen LogP contribution is -2.27. The molecular weight excluding hydrogens is 444 g/mol. The standard InChI is InChI=1S/C23H20N4O3S2/c28-21-9-16(12-27(21)13-18-4-2-8-30-18)22(29)25-17-5-6-19-20(10-17)32-23(26-19)31-14-15-3-1-7-24-11-15/h1-8,10-11,16H,9,12-14H2,(H,25,29). The Balaban J connectivity index is 1.21. The number of hydrogen-bond donors (Lipinski definition) is 1. The molecule has 1 saturated heterocycles. The summed E-state index contributed by atoms with van der Waals surface area (Å²) in [5, 5.41) is 2.97. The first-order chi connectivity index (χ1) is 15.6. The molecule has 7 nitrogen and oxygen atoms in total. The van der Waals surface area contributed by atoms with E-state index in [1.54, 1.807) is 46.5 Å². The zero-order chi connectivity index (χ0) is 21.9. The average Bonchev–Trinajstić information content (AvgIpc) is 3.54. The summed E-state index contributed by atoms with van der Waals surface area (Å²) in [5.41, 5.74) is 2.77. The monoisotopic (exact) mass is 464 g/mol. The van der Waals surface area contributed by atoms with Gasteiger partial charge in [-0.15, -0.1) is 11.3 Å². The van der Waals surface area contributed by atoms with Crippen LogP contribution in [0.15, 0.2) is 69.9 Å². The maximum absolute atomic E-state index is 12.8. The minimum Gasteiger partial charge on any atom is -0.467 e. The van der Waals surface area contributed by atoms with Crippen LogP contribution in [-0.2, 0) is 21.9 Å².